The van der Waals surface area contributed by atoms with Gasteiger partial charge in [0.2, 0.25) is 0 Å². The molecule has 2 rings (SSSR count). The Bertz CT molecular complexity index is 591. The number of hydrogen-bond donors (Lipinski definition) is 1. The second-order valence-electron chi connectivity index (χ2n) is 4.69. The molecule has 1 N–H and O–H groups in total. The van der Waals surface area contributed by atoms with Gasteiger partial charge in [0, 0.05) is 0 Å². The smallest absolute Gasteiger partial charge is 0.123 e. The Morgan fingerprint density at radius 3 is 2.38 bits per heavy atom. The SMILES string of the molecule is CCCOc1ccc(/C(C)=N\Nc2ccc(F)cc2)cc1. The van der Waals surface area contributed by atoms with Crippen LogP contribution >= 0.6 is 0 Å². The van der Waals surface area contributed by atoms with E-state index < -0.39 is 0 Å². The number of halogens is 1. The van der Waals surface area contributed by atoms with Crippen molar-refractivity contribution < 1.29 is 9.13 Å². The number of hydrazone groups is 1. The Morgan fingerprint density at radius 1 is 1.10 bits per heavy atom. The molecule has 2 aromatic carbocycles. The normalized spacial score (nSPS) is 11.3. The van der Waals surface area contributed by atoms with Gasteiger partial charge in [0.1, 0.15) is 11.6 Å². The Balaban J connectivity index is 1.99. The average Bonchev–Trinajstić information content (AvgIpc) is 2.52. The van der Waals surface area contributed by atoms with E-state index >= 15 is 0 Å². The first-order valence-corrected chi connectivity index (χ1v) is 6.98. The number of rotatable bonds is 6. The molecule has 0 unspecified atom stereocenters. The summed E-state index contributed by atoms with van der Waals surface area (Å²) in [6.45, 7) is 4.71. The van der Waals surface area contributed by atoms with E-state index in [1.807, 2.05) is 31.2 Å². The topological polar surface area (TPSA) is 33.6 Å². The predicted molar refractivity (Wildman–Crippen MR) is 84.5 cm³/mol. The van der Waals surface area contributed by atoms with Crippen molar-refractivity contribution in [1.29, 1.82) is 0 Å². The van der Waals surface area contributed by atoms with E-state index in [9.17, 15) is 4.39 Å². The van der Waals surface area contributed by atoms with Crippen molar-refractivity contribution >= 4 is 11.4 Å². The average molecular weight is 286 g/mol. The van der Waals surface area contributed by atoms with E-state index in [1.54, 1.807) is 12.1 Å². The second-order valence-corrected chi connectivity index (χ2v) is 4.69. The third-order valence-electron chi connectivity index (χ3n) is 2.94. The first-order chi connectivity index (χ1) is 10.2. The third-order valence-corrected chi connectivity index (χ3v) is 2.94. The van der Waals surface area contributed by atoms with Crippen LogP contribution < -0.4 is 10.2 Å². The molecule has 0 fully saturated rings. The first-order valence-electron chi connectivity index (χ1n) is 6.98. The maximum Gasteiger partial charge on any atom is 0.123 e. The van der Waals surface area contributed by atoms with Gasteiger partial charge in [-0.15, -0.1) is 0 Å². The highest BCUT2D eigenvalue weighted by Crippen LogP contribution is 2.14. The summed E-state index contributed by atoms with van der Waals surface area (Å²) in [5.41, 5.74) is 5.51. The van der Waals surface area contributed by atoms with Crippen LogP contribution in [-0.4, -0.2) is 12.3 Å². The summed E-state index contributed by atoms with van der Waals surface area (Å²) >= 11 is 0. The molecule has 0 aliphatic carbocycles. The summed E-state index contributed by atoms with van der Waals surface area (Å²) < 4.78 is 18.3. The van der Waals surface area contributed by atoms with E-state index in [1.165, 1.54) is 12.1 Å². The first kappa shape index (κ1) is 15.0. The number of benzene rings is 2. The molecule has 0 bridgehead atoms. The highest BCUT2D eigenvalue weighted by atomic mass is 19.1. The van der Waals surface area contributed by atoms with Gasteiger partial charge in [0.05, 0.1) is 18.0 Å². The van der Waals surface area contributed by atoms with E-state index in [-0.39, 0.29) is 5.82 Å². The molecule has 0 aliphatic heterocycles. The van der Waals surface area contributed by atoms with E-state index in [0.717, 1.165) is 35.7 Å². The van der Waals surface area contributed by atoms with Crippen LogP contribution in [0.25, 0.3) is 0 Å². The van der Waals surface area contributed by atoms with Crippen LogP contribution in [-0.2, 0) is 0 Å². The number of nitrogens with one attached hydrogen (secondary N) is 1. The van der Waals surface area contributed by atoms with Crippen molar-refractivity contribution in [3.63, 3.8) is 0 Å². The monoisotopic (exact) mass is 286 g/mol. The molecule has 0 radical (unpaired) electrons. The van der Waals surface area contributed by atoms with E-state index in [2.05, 4.69) is 17.5 Å². The fourth-order valence-electron chi connectivity index (χ4n) is 1.75. The predicted octanol–water partition coefficient (Wildman–Crippen LogP) is 4.45. The Hall–Kier alpha value is -2.36. The molecular formula is C17H19FN2O. The number of ether oxygens (including phenoxy) is 1. The van der Waals surface area contributed by atoms with Crippen molar-refractivity contribution in [3.8, 4) is 5.75 Å². The van der Waals surface area contributed by atoms with Gasteiger partial charge < -0.3 is 4.74 Å². The molecule has 21 heavy (non-hydrogen) atoms. The quantitative estimate of drug-likeness (QED) is 0.628. The minimum absolute atomic E-state index is 0.260. The largest absolute Gasteiger partial charge is 0.494 e. The molecule has 0 saturated heterocycles. The van der Waals surface area contributed by atoms with Crippen LogP contribution in [0.5, 0.6) is 5.75 Å². The second kappa shape index (κ2) is 7.43. The summed E-state index contributed by atoms with van der Waals surface area (Å²) in [7, 11) is 0. The van der Waals surface area contributed by atoms with Crippen LogP contribution in [0.2, 0.25) is 0 Å². The number of hydrogen-bond acceptors (Lipinski definition) is 3. The van der Waals surface area contributed by atoms with Gasteiger partial charge in [-0.3, -0.25) is 5.43 Å². The molecule has 3 nitrogen and oxygen atoms in total. The van der Waals surface area contributed by atoms with Gasteiger partial charge in [-0.2, -0.15) is 5.10 Å². The maximum atomic E-state index is 12.8. The number of nitrogens with zero attached hydrogens (tertiary/aromatic N) is 1. The maximum absolute atomic E-state index is 12.8. The highest BCUT2D eigenvalue weighted by molar-refractivity contribution is 5.99. The van der Waals surface area contributed by atoms with Crippen LogP contribution in [0.3, 0.4) is 0 Å². The molecule has 4 heteroatoms. The summed E-state index contributed by atoms with van der Waals surface area (Å²) in [4.78, 5) is 0. The zero-order valence-electron chi connectivity index (χ0n) is 12.3. The van der Waals surface area contributed by atoms with Crippen molar-refractivity contribution in [2.75, 3.05) is 12.0 Å². The van der Waals surface area contributed by atoms with Crippen molar-refractivity contribution in [2.24, 2.45) is 5.10 Å². The summed E-state index contributed by atoms with van der Waals surface area (Å²) in [5.74, 6) is 0.601. The van der Waals surface area contributed by atoms with Crippen molar-refractivity contribution in [1.82, 2.24) is 0 Å². The standard InChI is InChI=1S/C17H19FN2O/c1-3-12-21-17-10-4-14(5-11-17)13(2)19-20-16-8-6-15(18)7-9-16/h4-11,20H,3,12H2,1-2H3/b19-13-. The van der Waals surface area contributed by atoms with E-state index in [0.29, 0.717) is 0 Å². The van der Waals surface area contributed by atoms with Crippen molar-refractivity contribution in [2.45, 2.75) is 20.3 Å². The Labute approximate surface area is 124 Å². The molecule has 0 saturated carbocycles. The number of anilines is 1. The molecule has 0 atom stereocenters. The molecule has 2 aromatic rings. The van der Waals surface area contributed by atoms with Gasteiger partial charge in [-0.1, -0.05) is 6.92 Å². The van der Waals surface area contributed by atoms with Crippen LogP contribution in [0, 0.1) is 5.82 Å². The molecule has 0 aliphatic rings. The van der Waals surface area contributed by atoms with Crippen molar-refractivity contribution in [3.05, 3.63) is 59.9 Å². The summed E-state index contributed by atoms with van der Waals surface area (Å²) in [6, 6.07) is 13.9. The zero-order chi connectivity index (χ0) is 15.1. The van der Waals surface area contributed by atoms with E-state index in [4.69, 9.17) is 4.74 Å². The van der Waals surface area contributed by atoms with Gasteiger partial charge in [0.15, 0.2) is 0 Å². The Morgan fingerprint density at radius 2 is 1.76 bits per heavy atom. The van der Waals surface area contributed by atoms with Gasteiger partial charge in [-0.05, 0) is 67.4 Å². The lowest BCUT2D eigenvalue weighted by Gasteiger charge is -2.06. The van der Waals surface area contributed by atoms with Gasteiger partial charge >= 0.3 is 0 Å². The molecular weight excluding hydrogens is 267 g/mol. The molecule has 110 valence electrons. The molecule has 0 heterocycles. The third kappa shape index (κ3) is 4.60. The minimum atomic E-state index is -0.260. The van der Waals surface area contributed by atoms with Gasteiger partial charge in [-0.25, -0.2) is 4.39 Å². The summed E-state index contributed by atoms with van der Waals surface area (Å²) in [6.07, 6.45) is 0.990. The van der Waals surface area contributed by atoms with Crippen LogP contribution in [0.4, 0.5) is 10.1 Å². The lowest BCUT2D eigenvalue weighted by atomic mass is 10.1. The molecule has 0 amide bonds. The Kier molecular flexibility index (Phi) is 5.32. The van der Waals surface area contributed by atoms with Crippen LogP contribution in [0.15, 0.2) is 53.6 Å². The minimum Gasteiger partial charge on any atom is -0.494 e. The zero-order valence-corrected chi connectivity index (χ0v) is 12.3. The fourth-order valence-corrected chi connectivity index (χ4v) is 1.75. The van der Waals surface area contributed by atoms with Gasteiger partial charge in [0.25, 0.3) is 0 Å². The highest BCUT2D eigenvalue weighted by Gasteiger charge is 1.99. The van der Waals surface area contributed by atoms with Crippen LogP contribution in [0.1, 0.15) is 25.8 Å². The molecule has 0 aromatic heterocycles. The lowest BCUT2D eigenvalue weighted by Crippen LogP contribution is -2.00. The molecule has 0 spiro atoms. The summed E-state index contributed by atoms with van der Waals surface area (Å²) in [5, 5.41) is 4.29. The lowest BCUT2D eigenvalue weighted by molar-refractivity contribution is 0.317. The fraction of sp³-hybridized carbons (Fsp3) is 0.235.